The van der Waals surface area contributed by atoms with Crippen LogP contribution in [0.15, 0.2) is 18.2 Å². The number of rotatable bonds is 2. The fourth-order valence-corrected chi connectivity index (χ4v) is 3.51. The quantitative estimate of drug-likeness (QED) is 0.702. The number of carbonyl (C=O) groups is 1. The van der Waals surface area contributed by atoms with Gasteiger partial charge in [0.1, 0.15) is 0 Å². The first kappa shape index (κ1) is 12.3. The second kappa shape index (κ2) is 4.42. The molecule has 0 aromatic heterocycles. The summed E-state index contributed by atoms with van der Waals surface area (Å²) in [7, 11) is 0. The predicted octanol–water partition coefficient (Wildman–Crippen LogP) is 1.46. The zero-order valence-corrected chi connectivity index (χ0v) is 10.6. The number of piperidine rings is 1. The number of aliphatic hydroxyl groups excluding tert-OH is 1. The van der Waals surface area contributed by atoms with Gasteiger partial charge in [0.15, 0.2) is 0 Å². The van der Waals surface area contributed by atoms with Crippen molar-refractivity contribution in [2.75, 3.05) is 10.6 Å². The summed E-state index contributed by atoms with van der Waals surface area (Å²) in [4.78, 5) is 13.4. The number of hydrogen-bond donors (Lipinski definition) is 3. The van der Waals surface area contributed by atoms with Gasteiger partial charge in [-0.2, -0.15) is 0 Å². The number of nitrogens with zero attached hydrogens (tertiary/aromatic N) is 1. The van der Waals surface area contributed by atoms with Crippen LogP contribution in [0.4, 0.5) is 11.4 Å². The van der Waals surface area contributed by atoms with Crippen LogP contribution in [0.25, 0.3) is 0 Å². The van der Waals surface area contributed by atoms with Gasteiger partial charge in [-0.15, -0.1) is 0 Å². The number of carboxylic acids is 1. The summed E-state index contributed by atoms with van der Waals surface area (Å²) in [6.07, 6.45) is 3.33. The fourth-order valence-electron chi connectivity index (χ4n) is 3.51. The molecule has 2 unspecified atom stereocenters. The van der Waals surface area contributed by atoms with Gasteiger partial charge in [0, 0.05) is 12.1 Å². The van der Waals surface area contributed by atoms with Crippen LogP contribution in [0.3, 0.4) is 0 Å². The number of nitrogens with two attached hydrogens (primary N) is 1. The average molecular weight is 262 g/mol. The van der Waals surface area contributed by atoms with Crippen molar-refractivity contribution >= 4 is 17.3 Å². The molecule has 102 valence electrons. The predicted molar refractivity (Wildman–Crippen MR) is 72.3 cm³/mol. The molecule has 1 aromatic carbocycles. The number of para-hydroxylation sites is 1. The SMILES string of the molecule is Nc1c(C(=O)O)cccc1N1C2CCC1CC(O)C2. The molecule has 2 fully saturated rings. The Labute approximate surface area is 111 Å². The highest BCUT2D eigenvalue weighted by molar-refractivity contribution is 5.97. The Hall–Kier alpha value is -1.75. The van der Waals surface area contributed by atoms with Crippen molar-refractivity contribution in [2.45, 2.75) is 43.9 Å². The van der Waals surface area contributed by atoms with E-state index in [-0.39, 0.29) is 23.8 Å². The van der Waals surface area contributed by atoms with E-state index in [1.165, 1.54) is 6.07 Å². The summed E-state index contributed by atoms with van der Waals surface area (Å²) in [5.74, 6) is -0.997. The van der Waals surface area contributed by atoms with Crippen LogP contribution in [0.5, 0.6) is 0 Å². The molecule has 2 heterocycles. The summed E-state index contributed by atoms with van der Waals surface area (Å²) in [6.45, 7) is 0. The van der Waals surface area contributed by atoms with Crippen molar-refractivity contribution in [3.05, 3.63) is 23.8 Å². The highest BCUT2D eigenvalue weighted by atomic mass is 16.4. The maximum atomic E-state index is 11.1. The Bertz CT molecular complexity index is 503. The summed E-state index contributed by atoms with van der Waals surface area (Å²) >= 11 is 0. The van der Waals surface area contributed by atoms with Crippen molar-refractivity contribution in [3.8, 4) is 0 Å². The minimum atomic E-state index is -0.997. The number of hydrogen-bond acceptors (Lipinski definition) is 4. The van der Waals surface area contributed by atoms with Crippen LogP contribution < -0.4 is 10.6 Å². The van der Waals surface area contributed by atoms with Crippen molar-refractivity contribution < 1.29 is 15.0 Å². The molecule has 4 N–H and O–H groups in total. The van der Waals surface area contributed by atoms with Gasteiger partial charge < -0.3 is 20.8 Å². The van der Waals surface area contributed by atoms with E-state index in [2.05, 4.69) is 4.90 Å². The summed E-state index contributed by atoms with van der Waals surface area (Å²) in [5, 5.41) is 19.0. The number of aliphatic hydroxyl groups is 1. The number of benzene rings is 1. The van der Waals surface area contributed by atoms with Crippen LogP contribution in [-0.4, -0.2) is 34.4 Å². The molecule has 0 radical (unpaired) electrons. The molecule has 1 aromatic rings. The van der Waals surface area contributed by atoms with E-state index in [1.54, 1.807) is 6.07 Å². The molecule has 2 aliphatic rings. The summed E-state index contributed by atoms with van der Waals surface area (Å²) in [5.41, 5.74) is 7.31. The molecule has 2 saturated heterocycles. The zero-order chi connectivity index (χ0) is 13.6. The Morgan fingerprint density at radius 2 is 1.89 bits per heavy atom. The van der Waals surface area contributed by atoms with E-state index in [0.29, 0.717) is 5.69 Å². The van der Waals surface area contributed by atoms with Crippen molar-refractivity contribution in [1.82, 2.24) is 0 Å². The fraction of sp³-hybridized carbons (Fsp3) is 0.500. The minimum Gasteiger partial charge on any atom is -0.478 e. The average Bonchev–Trinajstić information content (AvgIpc) is 2.62. The highest BCUT2D eigenvalue weighted by Gasteiger charge is 2.41. The van der Waals surface area contributed by atoms with Gasteiger partial charge in [-0.1, -0.05) is 6.07 Å². The molecule has 3 rings (SSSR count). The summed E-state index contributed by atoms with van der Waals surface area (Å²) < 4.78 is 0. The van der Waals surface area contributed by atoms with Gasteiger partial charge in [0.05, 0.1) is 23.0 Å². The van der Waals surface area contributed by atoms with Gasteiger partial charge in [0.2, 0.25) is 0 Å². The lowest BCUT2D eigenvalue weighted by atomic mass is 9.98. The number of nitrogen functional groups attached to an aromatic ring is 1. The molecule has 0 saturated carbocycles. The number of anilines is 2. The number of aromatic carboxylic acids is 1. The lowest BCUT2D eigenvalue weighted by Gasteiger charge is -2.39. The van der Waals surface area contributed by atoms with E-state index in [9.17, 15) is 9.90 Å². The Morgan fingerprint density at radius 3 is 2.47 bits per heavy atom. The molecule has 2 atom stereocenters. The van der Waals surface area contributed by atoms with Crippen LogP contribution in [-0.2, 0) is 0 Å². The van der Waals surface area contributed by atoms with Gasteiger partial charge >= 0.3 is 5.97 Å². The van der Waals surface area contributed by atoms with Gasteiger partial charge in [-0.05, 0) is 37.8 Å². The monoisotopic (exact) mass is 262 g/mol. The number of carboxylic acid groups (broad SMARTS) is 1. The second-order valence-corrected chi connectivity index (χ2v) is 5.46. The standard InChI is InChI=1S/C14H18N2O3/c15-13-11(14(18)19)2-1-3-12(13)16-8-4-5-9(16)7-10(17)6-8/h1-3,8-10,17H,4-7,15H2,(H,18,19). The van der Waals surface area contributed by atoms with Gasteiger partial charge in [0.25, 0.3) is 0 Å². The molecular weight excluding hydrogens is 244 g/mol. The van der Waals surface area contributed by atoms with Crippen LogP contribution in [0, 0.1) is 0 Å². The topological polar surface area (TPSA) is 86.8 Å². The molecule has 0 amide bonds. The van der Waals surface area contributed by atoms with E-state index in [4.69, 9.17) is 10.8 Å². The normalized spacial score (nSPS) is 29.5. The molecule has 0 spiro atoms. The maximum Gasteiger partial charge on any atom is 0.337 e. The minimum absolute atomic E-state index is 0.156. The van der Waals surface area contributed by atoms with E-state index in [0.717, 1.165) is 31.4 Å². The third-order valence-corrected chi connectivity index (χ3v) is 4.30. The molecule has 5 nitrogen and oxygen atoms in total. The van der Waals surface area contributed by atoms with Crippen molar-refractivity contribution in [3.63, 3.8) is 0 Å². The summed E-state index contributed by atoms with van der Waals surface area (Å²) in [6, 6.07) is 5.70. The third kappa shape index (κ3) is 1.94. The highest BCUT2D eigenvalue weighted by Crippen LogP contribution is 2.42. The molecule has 2 aliphatic heterocycles. The molecule has 5 heteroatoms. The lowest BCUT2D eigenvalue weighted by Crippen LogP contribution is -2.45. The molecular formula is C14H18N2O3. The van der Waals surface area contributed by atoms with Crippen LogP contribution in [0.1, 0.15) is 36.0 Å². The van der Waals surface area contributed by atoms with Gasteiger partial charge in [-0.25, -0.2) is 4.79 Å². The molecule has 19 heavy (non-hydrogen) atoms. The molecule has 2 bridgehead atoms. The first-order valence-electron chi connectivity index (χ1n) is 6.66. The lowest BCUT2D eigenvalue weighted by molar-refractivity contribution is 0.0698. The van der Waals surface area contributed by atoms with E-state index < -0.39 is 5.97 Å². The van der Waals surface area contributed by atoms with Crippen molar-refractivity contribution in [1.29, 1.82) is 0 Å². The number of fused-ring (bicyclic) bond motifs is 2. The Morgan fingerprint density at radius 1 is 1.26 bits per heavy atom. The third-order valence-electron chi connectivity index (χ3n) is 4.30. The van der Waals surface area contributed by atoms with Crippen molar-refractivity contribution in [2.24, 2.45) is 0 Å². The maximum absolute atomic E-state index is 11.1. The largest absolute Gasteiger partial charge is 0.478 e. The first-order valence-corrected chi connectivity index (χ1v) is 6.66. The Balaban J connectivity index is 1.99. The Kier molecular flexibility index (Phi) is 2.86. The van der Waals surface area contributed by atoms with Crippen LogP contribution in [0.2, 0.25) is 0 Å². The van der Waals surface area contributed by atoms with E-state index >= 15 is 0 Å². The first-order chi connectivity index (χ1) is 9.08. The smallest absolute Gasteiger partial charge is 0.337 e. The van der Waals surface area contributed by atoms with E-state index in [1.807, 2.05) is 6.07 Å². The van der Waals surface area contributed by atoms with Gasteiger partial charge in [-0.3, -0.25) is 0 Å². The molecule has 0 aliphatic carbocycles. The van der Waals surface area contributed by atoms with Crippen LogP contribution >= 0.6 is 0 Å². The second-order valence-electron chi connectivity index (χ2n) is 5.46. The zero-order valence-electron chi connectivity index (χ0n) is 10.6.